The van der Waals surface area contributed by atoms with E-state index >= 15 is 0 Å². The lowest BCUT2D eigenvalue weighted by Gasteiger charge is -2.71. The maximum atomic E-state index is 14.5. The van der Waals surface area contributed by atoms with Crippen molar-refractivity contribution >= 4 is 17.9 Å². The van der Waals surface area contributed by atoms with Crippen LogP contribution in [-0.4, -0.2) is 109 Å². The average molecular weight is 723 g/mol. The van der Waals surface area contributed by atoms with Crippen molar-refractivity contribution in [3.63, 3.8) is 0 Å². The number of aliphatic hydroxyl groups excluding tert-OH is 5. The van der Waals surface area contributed by atoms with Gasteiger partial charge in [0.05, 0.1) is 23.0 Å². The van der Waals surface area contributed by atoms with Crippen molar-refractivity contribution in [2.24, 2.45) is 50.7 Å². The first-order valence-corrected chi connectivity index (χ1v) is 18.6. The van der Waals surface area contributed by atoms with Gasteiger partial charge in [-0.25, -0.2) is 0 Å². The van der Waals surface area contributed by atoms with Crippen LogP contribution in [0.3, 0.4) is 0 Å². The Kier molecular flexibility index (Phi) is 9.43. The summed E-state index contributed by atoms with van der Waals surface area (Å²) in [5.41, 5.74) is -4.79. The van der Waals surface area contributed by atoms with Crippen LogP contribution in [-0.2, 0) is 28.6 Å². The highest BCUT2D eigenvalue weighted by Crippen LogP contribution is 2.76. The molecule has 1 aliphatic heterocycles. The second-order valence-electron chi connectivity index (χ2n) is 18.0. The molecule has 0 unspecified atom stereocenters. The number of hydrogen-bond donors (Lipinski definition) is 7. The minimum Gasteiger partial charge on any atom is -0.481 e. The summed E-state index contributed by atoms with van der Waals surface area (Å²) in [4.78, 5) is 39.7. The zero-order chi connectivity index (χ0) is 37.9. The van der Waals surface area contributed by atoms with Crippen LogP contribution in [0.2, 0.25) is 0 Å². The summed E-state index contributed by atoms with van der Waals surface area (Å²) in [5, 5.41) is 75.6. The number of hydrogen-bond acceptors (Lipinski definition) is 12. The molecule has 0 radical (unpaired) electrons. The number of carboxylic acid groups (broad SMARTS) is 1. The van der Waals surface area contributed by atoms with Crippen LogP contribution in [0.15, 0.2) is 11.6 Å². The van der Waals surface area contributed by atoms with Gasteiger partial charge in [0.15, 0.2) is 0 Å². The van der Waals surface area contributed by atoms with Crippen molar-refractivity contribution in [1.29, 1.82) is 0 Å². The number of ether oxygens (including phenoxy) is 3. The predicted octanol–water partition coefficient (Wildman–Crippen LogP) is 2.07. The molecule has 6 rings (SSSR count). The standard InChI is InChI=1S/C38H58O13/c1-18-10-13-38(32(47)51-30-27(43)26(42)25(41)22(17-39)50-30)15-14-34(4)20(28(38)37(18,7)48)8-9-23-33(3)16-21(49-19(2)40)29(44)36(6,31(45)46)24(33)11-12-35(23,34)5/h8,18,21-30,39,41-44,48H,9-17H2,1-7H3,(H,45,46)/t18-,21-,22-,23-,24-,25-,26+,27-,28-,29+,30+,33-,34-,35-,36+,37-,38+/m1/s1. The maximum absolute atomic E-state index is 14.5. The topological polar surface area (TPSA) is 221 Å². The minimum atomic E-state index is -1.76. The van der Waals surface area contributed by atoms with Crippen LogP contribution in [0.5, 0.6) is 0 Å². The molecular weight excluding hydrogens is 664 g/mol. The van der Waals surface area contributed by atoms with Crippen LogP contribution in [0.4, 0.5) is 0 Å². The lowest BCUT2D eigenvalue weighted by atomic mass is 9.33. The summed E-state index contributed by atoms with van der Waals surface area (Å²) < 4.78 is 17.1. The molecule has 6 aliphatic rings. The van der Waals surface area contributed by atoms with Crippen LogP contribution >= 0.6 is 0 Å². The van der Waals surface area contributed by atoms with E-state index in [-0.39, 0.29) is 11.8 Å². The summed E-state index contributed by atoms with van der Waals surface area (Å²) >= 11 is 0. The van der Waals surface area contributed by atoms with E-state index < -0.39 is 112 Å². The number of fused-ring (bicyclic) bond motifs is 7. The Morgan fingerprint density at radius 1 is 0.902 bits per heavy atom. The second-order valence-corrected chi connectivity index (χ2v) is 18.0. The van der Waals surface area contributed by atoms with E-state index in [0.29, 0.717) is 51.4 Å². The molecule has 51 heavy (non-hydrogen) atoms. The van der Waals surface area contributed by atoms with Gasteiger partial charge in [0, 0.05) is 12.8 Å². The number of aliphatic hydroxyl groups is 6. The molecule has 13 heteroatoms. The van der Waals surface area contributed by atoms with Crippen molar-refractivity contribution in [2.75, 3.05) is 6.61 Å². The van der Waals surface area contributed by atoms with Gasteiger partial charge >= 0.3 is 17.9 Å². The van der Waals surface area contributed by atoms with E-state index in [0.717, 1.165) is 5.57 Å². The molecule has 1 saturated heterocycles. The Labute approximate surface area is 299 Å². The zero-order valence-electron chi connectivity index (χ0n) is 30.9. The molecule has 4 saturated carbocycles. The Morgan fingerprint density at radius 3 is 2.18 bits per heavy atom. The number of rotatable bonds is 5. The highest BCUT2D eigenvalue weighted by atomic mass is 16.7. The lowest BCUT2D eigenvalue weighted by molar-refractivity contribution is -0.299. The first-order chi connectivity index (χ1) is 23.6. The summed E-state index contributed by atoms with van der Waals surface area (Å²) in [5.74, 6) is -3.75. The number of allylic oxidation sites excluding steroid dienone is 1. The first-order valence-electron chi connectivity index (χ1n) is 18.6. The molecule has 7 N–H and O–H groups in total. The van der Waals surface area contributed by atoms with Gasteiger partial charge in [-0.1, -0.05) is 39.3 Å². The molecule has 0 aromatic carbocycles. The third-order valence-electron chi connectivity index (χ3n) is 15.9. The Morgan fingerprint density at radius 2 is 1.57 bits per heavy atom. The Hall–Kier alpha value is -2.13. The molecule has 0 aromatic heterocycles. The largest absolute Gasteiger partial charge is 0.481 e. The molecule has 5 aliphatic carbocycles. The van der Waals surface area contributed by atoms with Gasteiger partial charge in [-0.2, -0.15) is 0 Å². The van der Waals surface area contributed by atoms with E-state index in [9.17, 15) is 50.1 Å². The Bertz CT molecular complexity index is 1460. The van der Waals surface area contributed by atoms with E-state index in [4.69, 9.17) is 14.2 Å². The highest BCUT2D eigenvalue weighted by molar-refractivity contribution is 5.79. The number of carbonyl (C=O) groups is 3. The lowest BCUT2D eigenvalue weighted by Crippen LogP contribution is -2.70. The summed E-state index contributed by atoms with van der Waals surface area (Å²) in [6.07, 6.45) is -4.43. The van der Waals surface area contributed by atoms with Crippen molar-refractivity contribution in [3.8, 4) is 0 Å². The van der Waals surface area contributed by atoms with Crippen LogP contribution in [0.25, 0.3) is 0 Å². The van der Waals surface area contributed by atoms with Crippen LogP contribution in [0.1, 0.15) is 99.8 Å². The van der Waals surface area contributed by atoms with Gasteiger partial charge < -0.3 is 50.0 Å². The van der Waals surface area contributed by atoms with Crippen LogP contribution in [0, 0.1) is 50.7 Å². The number of esters is 2. The fraction of sp³-hybridized carbons (Fsp3) is 0.868. The van der Waals surface area contributed by atoms with Gasteiger partial charge in [0.1, 0.15) is 36.6 Å². The van der Waals surface area contributed by atoms with Gasteiger partial charge in [0.2, 0.25) is 6.29 Å². The summed E-state index contributed by atoms with van der Waals surface area (Å²) in [6, 6.07) is 0. The third-order valence-corrected chi connectivity index (χ3v) is 15.9. The van der Waals surface area contributed by atoms with E-state index in [1.54, 1.807) is 13.8 Å². The van der Waals surface area contributed by atoms with Crippen molar-refractivity contribution in [3.05, 3.63) is 11.6 Å². The van der Waals surface area contributed by atoms with Crippen LogP contribution < -0.4 is 0 Å². The van der Waals surface area contributed by atoms with Gasteiger partial charge in [0.25, 0.3) is 0 Å². The Balaban J connectivity index is 1.41. The number of carboxylic acids is 1. The molecule has 0 aromatic rings. The molecule has 288 valence electrons. The van der Waals surface area contributed by atoms with Gasteiger partial charge in [-0.05, 0) is 99.2 Å². The first kappa shape index (κ1) is 38.6. The molecule has 0 bridgehead atoms. The highest BCUT2D eigenvalue weighted by Gasteiger charge is 2.74. The van der Waals surface area contributed by atoms with E-state index in [2.05, 4.69) is 26.8 Å². The molecule has 5 fully saturated rings. The summed E-state index contributed by atoms with van der Waals surface area (Å²) in [6.45, 7) is 12.4. The summed E-state index contributed by atoms with van der Waals surface area (Å²) in [7, 11) is 0. The van der Waals surface area contributed by atoms with Crippen molar-refractivity contribution in [1.82, 2.24) is 0 Å². The molecule has 0 spiro atoms. The zero-order valence-corrected chi connectivity index (χ0v) is 30.9. The van der Waals surface area contributed by atoms with E-state index in [1.165, 1.54) is 6.92 Å². The number of carbonyl (C=O) groups excluding carboxylic acids is 2. The molecule has 17 atom stereocenters. The van der Waals surface area contributed by atoms with E-state index in [1.807, 2.05) is 6.92 Å². The fourth-order valence-corrected chi connectivity index (χ4v) is 12.6. The van der Waals surface area contributed by atoms with Gasteiger partial charge in [-0.3, -0.25) is 14.4 Å². The molecule has 0 amide bonds. The second kappa shape index (κ2) is 12.5. The van der Waals surface area contributed by atoms with Crippen molar-refractivity contribution in [2.45, 2.75) is 148 Å². The SMILES string of the molecule is CC(=O)O[C@@H]1C[C@@]2(C)[C@@H](CC[C@]3(C)[C@@H]2CC=C2[C@H]4[C@](C(=O)O[C@@H]5O[C@H](CO)[C@@H](O)[C@H](O)[C@H]5O)(CC[C@@H](C)[C@@]4(C)O)CC[C@]23C)[C@](C)(C(=O)O)[C@H]1O. The normalized spacial score (nSPS) is 53.7. The van der Waals surface area contributed by atoms with Gasteiger partial charge in [-0.15, -0.1) is 0 Å². The number of aliphatic carboxylic acids is 1. The quantitative estimate of drug-likeness (QED) is 0.160. The molecule has 1 heterocycles. The average Bonchev–Trinajstić information content (AvgIpc) is 3.05. The third kappa shape index (κ3) is 5.15. The van der Waals surface area contributed by atoms with Crippen molar-refractivity contribution < 1.29 is 64.3 Å². The fourth-order valence-electron chi connectivity index (χ4n) is 12.6. The minimum absolute atomic E-state index is 0.0822. The molecule has 13 nitrogen and oxygen atoms in total. The monoisotopic (exact) mass is 722 g/mol. The smallest absolute Gasteiger partial charge is 0.315 e. The maximum Gasteiger partial charge on any atom is 0.315 e. The predicted molar refractivity (Wildman–Crippen MR) is 179 cm³/mol. The molecular formula is C38H58O13.